The SMILES string of the molecule is COC(CN)C(=O)N1C2CCC1C(C(=O)O)C2. The number of carbonyl (C=O) groups excluding carboxylic acids is 1. The molecule has 0 aromatic carbocycles. The van der Waals surface area contributed by atoms with Gasteiger partial charge in [0.1, 0.15) is 6.10 Å². The van der Waals surface area contributed by atoms with Crippen LogP contribution in [0.4, 0.5) is 0 Å². The van der Waals surface area contributed by atoms with Crippen LogP contribution in [0.25, 0.3) is 0 Å². The highest BCUT2D eigenvalue weighted by Gasteiger charge is 2.52. The Bertz CT molecular complexity index is 329. The van der Waals surface area contributed by atoms with Crippen LogP contribution in [0, 0.1) is 5.92 Å². The summed E-state index contributed by atoms with van der Waals surface area (Å²) in [5, 5.41) is 9.09. The van der Waals surface area contributed by atoms with Crippen molar-refractivity contribution in [1.82, 2.24) is 4.90 Å². The fraction of sp³-hybridized carbons (Fsp3) is 0.818. The molecule has 2 aliphatic rings. The summed E-state index contributed by atoms with van der Waals surface area (Å²) in [5.74, 6) is -1.39. The van der Waals surface area contributed by atoms with Crippen LogP contribution in [-0.2, 0) is 14.3 Å². The maximum absolute atomic E-state index is 12.2. The number of carboxylic acid groups (broad SMARTS) is 1. The molecule has 1 amide bonds. The van der Waals surface area contributed by atoms with Crippen molar-refractivity contribution in [3.63, 3.8) is 0 Å². The van der Waals surface area contributed by atoms with Crippen LogP contribution < -0.4 is 5.73 Å². The first-order valence-corrected chi connectivity index (χ1v) is 5.88. The van der Waals surface area contributed by atoms with Crippen LogP contribution in [-0.4, -0.2) is 53.7 Å². The Hall–Kier alpha value is -1.14. The first-order chi connectivity index (χ1) is 8.10. The van der Waals surface area contributed by atoms with Crippen LogP contribution in [0.1, 0.15) is 19.3 Å². The van der Waals surface area contributed by atoms with Crippen LogP contribution >= 0.6 is 0 Å². The lowest BCUT2D eigenvalue weighted by Gasteiger charge is -2.26. The summed E-state index contributed by atoms with van der Waals surface area (Å²) >= 11 is 0. The topological polar surface area (TPSA) is 92.9 Å². The van der Waals surface area contributed by atoms with E-state index in [1.165, 1.54) is 7.11 Å². The molecule has 2 bridgehead atoms. The molecule has 0 radical (unpaired) electrons. The number of nitrogens with zero attached hydrogens (tertiary/aromatic N) is 1. The quantitative estimate of drug-likeness (QED) is 0.688. The lowest BCUT2D eigenvalue weighted by atomic mass is 9.89. The van der Waals surface area contributed by atoms with Gasteiger partial charge in [0.2, 0.25) is 0 Å². The van der Waals surface area contributed by atoms with Crippen molar-refractivity contribution in [3.05, 3.63) is 0 Å². The number of nitrogens with two attached hydrogens (primary N) is 1. The van der Waals surface area contributed by atoms with Gasteiger partial charge < -0.3 is 20.5 Å². The van der Waals surface area contributed by atoms with Crippen molar-refractivity contribution >= 4 is 11.9 Å². The summed E-state index contributed by atoms with van der Waals surface area (Å²) in [4.78, 5) is 24.9. The third kappa shape index (κ3) is 1.91. The van der Waals surface area contributed by atoms with E-state index in [0.29, 0.717) is 6.42 Å². The third-order valence-corrected chi connectivity index (χ3v) is 3.88. The molecule has 17 heavy (non-hydrogen) atoms. The van der Waals surface area contributed by atoms with Gasteiger partial charge in [-0.1, -0.05) is 0 Å². The molecule has 0 aliphatic carbocycles. The number of fused-ring (bicyclic) bond motifs is 2. The van der Waals surface area contributed by atoms with Crippen molar-refractivity contribution < 1.29 is 19.4 Å². The Balaban J connectivity index is 2.13. The number of rotatable bonds is 4. The molecule has 2 fully saturated rings. The highest BCUT2D eigenvalue weighted by atomic mass is 16.5. The minimum absolute atomic E-state index is 0.0535. The maximum Gasteiger partial charge on any atom is 0.308 e. The van der Waals surface area contributed by atoms with Gasteiger partial charge in [-0.05, 0) is 19.3 Å². The second-order valence-electron chi connectivity index (χ2n) is 4.68. The molecule has 3 N–H and O–H groups in total. The summed E-state index contributed by atoms with van der Waals surface area (Å²) < 4.78 is 5.03. The van der Waals surface area contributed by atoms with Crippen molar-refractivity contribution in [1.29, 1.82) is 0 Å². The molecule has 0 aromatic heterocycles. The Morgan fingerprint density at radius 3 is 2.71 bits per heavy atom. The highest BCUT2D eigenvalue weighted by molar-refractivity contribution is 5.84. The molecule has 6 heteroatoms. The van der Waals surface area contributed by atoms with Gasteiger partial charge >= 0.3 is 5.97 Å². The molecule has 2 saturated heterocycles. The largest absolute Gasteiger partial charge is 0.481 e. The van der Waals surface area contributed by atoms with Gasteiger partial charge in [0.25, 0.3) is 5.91 Å². The van der Waals surface area contributed by atoms with Gasteiger partial charge in [-0.15, -0.1) is 0 Å². The minimum atomic E-state index is -0.809. The number of aliphatic carboxylic acids is 1. The van der Waals surface area contributed by atoms with Crippen molar-refractivity contribution in [3.8, 4) is 0 Å². The molecule has 2 aliphatic heterocycles. The summed E-state index contributed by atoms with van der Waals surface area (Å²) in [6.07, 6.45) is 1.58. The number of amides is 1. The second kappa shape index (κ2) is 4.62. The average molecular weight is 242 g/mol. The summed E-state index contributed by atoms with van der Waals surface area (Å²) in [7, 11) is 1.45. The molecule has 0 saturated carbocycles. The van der Waals surface area contributed by atoms with Crippen LogP contribution in [0.2, 0.25) is 0 Å². The number of hydrogen-bond acceptors (Lipinski definition) is 4. The average Bonchev–Trinajstić information content (AvgIpc) is 2.87. The fourth-order valence-corrected chi connectivity index (χ4v) is 3.06. The molecule has 2 rings (SSSR count). The third-order valence-electron chi connectivity index (χ3n) is 3.88. The summed E-state index contributed by atoms with van der Waals surface area (Å²) in [6.45, 7) is 0.128. The van der Waals surface area contributed by atoms with Gasteiger partial charge in [-0.25, -0.2) is 0 Å². The fourth-order valence-electron chi connectivity index (χ4n) is 3.06. The number of ether oxygens (including phenoxy) is 1. The standard InChI is InChI=1S/C11H18N2O4/c1-17-9(5-12)10(14)13-6-2-3-8(13)7(4-6)11(15)16/h6-9H,2-5,12H2,1H3,(H,15,16). The van der Waals surface area contributed by atoms with Crippen LogP contribution in [0.3, 0.4) is 0 Å². The van der Waals surface area contributed by atoms with E-state index in [9.17, 15) is 9.59 Å². The van der Waals surface area contributed by atoms with E-state index in [-0.39, 0.29) is 24.5 Å². The molecule has 0 aromatic rings. The smallest absolute Gasteiger partial charge is 0.308 e. The van der Waals surface area contributed by atoms with E-state index in [2.05, 4.69) is 0 Å². The molecule has 2 heterocycles. The van der Waals surface area contributed by atoms with Gasteiger partial charge in [0, 0.05) is 25.7 Å². The Morgan fingerprint density at radius 1 is 1.53 bits per heavy atom. The summed E-state index contributed by atoms with van der Waals surface area (Å²) in [6, 6.07) is -0.119. The first kappa shape index (κ1) is 12.3. The monoisotopic (exact) mass is 242 g/mol. The molecular formula is C11H18N2O4. The predicted molar refractivity (Wildman–Crippen MR) is 59.3 cm³/mol. The molecular weight excluding hydrogens is 224 g/mol. The zero-order chi connectivity index (χ0) is 12.6. The molecule has 6 nitrogen and oxygen atoms in total. The van der Waals surface area contributed by atoms with E-state index in [1.807, 2.05) is 0 Å². The van der Waals surface area contributed by atoms with E-state index < -0.39 is 18.0 Å². The van der Waals surface area contributed by atoms with Crippen molar-refractivity contribution in [2.24, 2.45) is 11.7 Å². The lowest BCUT2D eigenvalue weighted by molar-refractivity contribution is -0.145. The molecule has 96 valence electrons. The van der Waals surface area contributed by atoms with Crippen LogP contribution in [0.5, 0.6) is 0 Å². The van der Waals surface area contributed by atoms with Crippen molar-refractivity contribution in [2.45, 2.75) is 37.5 Å². The first-order valence-electron chi connectivity index (χ1n) is 5.88. The van der Waals surface area contributed by atoms with E-state index in [1.54, 1.807) is 4.90 Å². The number of carbonyl (C=O) groups is 2. The van der Waals surface area contributed by atoms with E-state index in [0.717, 1.165) is 12.8 Å². The predicted octanol–water partition coefficient (Wildman–Crippen LogP) is -0.576. The summed E-state index contributed by atoms with van der Waals surface area (Å²) in [5.41, 5.74) is 5.47. The minimum Gasteiger partial charge on any atom is -0.481 e. The van der Waals surface area contributed by atoms with Gasteiger partial charge in [0.15, 0.2) is 0 Å². The Morgan fingerprint density at radius 2 is 2.24 bits per heavy atom. The van der Waals surface area contributed by atoms with Gasteiger partial charge in [-0.2, -0.15) is 0 Å². The normalized spacial score (nSPS) is 32.8. The van der Waals surface area contributed by atoms with Crippen LogP contribution in [0.15, 0.2) is 0 Å². The van der Waals surface area contributed by atoms with Crippen molar-refractivity contribution in [2.75, 3.05) is 13.7 Å². The highest BCUT2D eigenvalue weighted by Crippen LogP contribution is 2.42. The maximum atomic E-state index is 12.2. The lowest BCUT2D eigenvalue weighted by Crippen LogP contribution is -2.47. The Kier molecular flexibility index (Phi) is 3.35. The molecule has 4 unspecified atom stereocenters. The van der Waals surface area contributed by atoms with Gasteiger partial charge in [-0.3, -0.25) is 9.59 Å². The van der Waals surface area contributed by atoms with E-state index in [4.69, 9.17) is 15.6 Å². The van der Waals surface area contributed by atoms with Gasteiger partial charge in [0.05, 0.1) is 5.92 Å². The zero-order valence-corrected chi connectivity index (χ0v) is 9.83. The number of methoxy groups -OCH3 is 1. The second-order valence-corrected chi connectivity index (χ2v) is 4.68. The van der Waals surface area contributed by atoms with E-state index >= 15 is 0 Å². The number of carboxylic acids is 1. The number of hydrogen-bond donors (Lipinski definition) is 2. The molecule has 4 atom stereocenters. The molecule has 0 spiro atoms. The Labute approximate surface area is 99.7 Å². The zero-order valence-electron chi connectivity index (χ0n) is 9.83.